The van der Waals surface area contributed by atoms with Crippen LogP contribution in [0.25, 0.3) is 0 Å². The molecule has 0 bridgehead atoms. The first-order valence-corrected chi connectivity index (χ1v) is 9.13. The van der Waals surface area contributed by atoms with E-state index in [1.54, 1.807) is 36.9 Å². The van der Waals surface area contributed by atoms with Crippen LogP contribution in [0.3, 0.4) is 0 Å². The van der Waals surface area contributed by atoms with Crippen LogP contribution in [-0.2, 0) is 19.0 Å². The van der Waals surface area contributed by atoms with Crippen LogP contribution < -0.4 is 0 Å². The Hall–Kier alpha value is -1.60. The molecule has 0 saturated carbocycles. The highest BCUT2D eigenvalue weighted by atomic mass is 32.2. The molecule has 0 unspecified atom stereocenters. The van der Waals surface area contributed by atoms with E-state index in [2.05, 4.69) is 0 Å². The zero-order valence-electron chi connectivity index (χ0n) is 13.5. The molecule has 0 atom stereocenters. The van der Waals surface area contributed by atoms with E-state index in [9.17, 15) is 13.2 Å². The SMILES string of the molecule is CC(C)(COS(=O)(=O)c1ccccc1)OC(=O)N1CCCCC1. The van der Waals surface area contributed by atoms with E-state index < -0.39 is 21.8 Å². The van der Waals surface area contributed by atoms with E-state index in [0.717, 1.165) is 19.3 Å². The van der Waals surface area contributed by atoms with Crippen LogP contribution in [0.15, 0.2) is 35.2 Å². The molecule has 1 saturated heterocycles. The Morgan fingerprint density at radius 2 is 1.74 bits per heavy atom. The fourth-order valence-electron chi connectivity index (χ4n) is 2.28. The second-order valence-electron chi connectivity index (χ2n) is 6.20. The second-order valence-corrected chi connectivity index (χ2v) is 7.82. The minimum absolute atomic E-state index is 0.0816. The molecular formula is C16H23NO5S. The maximum Gasteiger partial charge on any atom is 0.410 e. The van der Waals surface area contributed by atoms with Gasteiger partial charge < -0.3 is 9.64 Å². The van der Waals surface area contributed by atoms with Crippen LogP contribution >= 0.6 is 0 Å². The van der Waals surface area contributed by atoms with Gasteiger partial charge in [0, 0.05) is 13.1 Å². The number of ether oxygens (including phenoxy) is 1. The van der Waals surface area contributed by atoms with Gasteiger partial charge in [-0.25, -0.2) is 4.79 Å². The summed E-state index contributed by atoms with van der Waals surface area (Å²) in [7, 11) is -3.86. The quantitative estimate of drug-likeness (QED) is 0.770. The lowest BCUT2D eigenvalue weighted by molar-refractivity contribution is -0.0150. The van der Waals surface area contributed by atoms with Crippen molar-refractivity contribution in [2.75, 3.05) is 19.7 Å². The number of piperidine rings is 1. The van der Waals surface area contributed by atoms with Crippen LogP contribution in [-0.4, -0.2) is 44.7 Å². The summed E-state index contributed by atoms with van der Waals surface area (Å²) in [5.74, 6) is 0. The predicted molar refractivity (Wildman–Crippen MR) is 85.6 cm³/mol. The largest absolute Gasteiger partial charge is 0.441 e. The second kappa shape index (κ2) is 7.31. The number of carbonyl (C=O) groups is 1. The van der Waals surface area contributed by atoms with Gasteiger partial charge in [0.05, 0.1) is 4.90 Å². The summed E-state index contributed by atoms with van der Waals surface area (Å²) >= 11 is 0. The Morgan fingerprint density at radius 1 is 1.13 bits per heavy atom. The molecule has 7 heteroatoms. The molecule has 1 aliphatic heterocycles. The summed E-state index contributed by atoms with van der Waals surface area (Å²) in [6, 6.07) is 7.89. The van der Waals surface area contributed by atoms with Gasteiger partial charge in [0.15, 0.2) is 0 Å². The maximum atomic E-state index is 12.1. The van der Waals surface area contributed by atoms with Crippen LogP contribution in [0.2, 0.25) is 0 Å². The number of carbonyl (C=O) groups excluding carboxylic acids is 1. The fraction of sp³-hybridized carbons (Fsp3) is 0.562. The molecule has 0 N–H and O–H groups in total. The molecular weight excluding hydrogens is 318 g/mol. The fourth-order valence-corrected chi connectivity index (χ4v) is 3.35. The van der Waals surface area contributed by atoms with Gasteiger partial charge in [-0.05, 0) is 45.2 Å². The average Bonchev–Trinajstić information content (AvgIpc) is 2.54. The van der Waals surface area contributed by atoms with Crippen LogP contribution in [0.5, 0.6) is 0 Å². The van der Waals surface area contributed by atoms with E-state index in [-0.39, 0.29) is 11.5 Å². The van der Waals surface area contributed by atoms with Crippen LogP contribution in [0, 0.1) is 0 Å². The summed E-state index contributed by atoms with van der Waals surface area (Å²) in [4.78, 5) is 13.8. The number of benzene rings is 1. The number of nitrogens with zero attached hydrogens (tertiary/aromatic N) is 1. The molecule has 23 heavy (non-hydrogen) atoms. The topological polar surface area (TPSA) is 72.9 Å². The lowest BCUT2D eigenvalue weighted by Gasteiger charge is -2.31. The third-order valence-corrected chi connectivity index (χ3v) is 4.85. The predicted octanol–water partition coefficient (Wildman–Crippen LogP) is 2.79. The van der Waals surface area contributed by atoms with Crippen LogP contribution in [0.1, 0.15) is 33.1 Å². The molecule has 0 radical (unpaired) electrons. The van der Waals surface area contributed by atoms with Crippen molar-refractivity contribution in [3.63, 3.8) is 0 Å². The van der Waals surface area contributed by atoms with Crippen molar-refractivity contribution in [2.45, 2.75) is 43.6 Å². The zero-order valence-corrected chi connectivity index (χ0v) is 14.3. The van der Waals surface area contributed by atoms with Gasteiger partial charge in [-0.3, -0.25) is 4.18 Å². The van der Waals surface area contributed by atoms with Crippen molar-refractivity contribution in [3.05, 3.63) is 30.3 Å². The normalized spacial score (nSPS) is 16.2. The molecule has 1 heterocycles. The van der Waals surface area contributed by atoms with Crippen molar-refractivity contribution in [2.24, 2.45) is 0 Å². The first-order valence-electron chi connectivity index (χ1n) is 7.73. The summed E-state index contributed by atoms with van der Waals surface area (Å²) < 4.78 is 34.6. The van der Waals surface area contributed by atoms with Gasteiger partial charge in [-0.15, -0.1) is 0 Å². The van der Waals surface area contributed by atoms with Crippen molar-refractivity contribution in [3.8, 4) is 0 Å². The highest BCUT2D eigenvalue weighted by molar-refractivity contribution is 7.86. The van der Waals surface area contributed by atoms with Crippen molar-refractivity contribution in [1.82, 2.24) is 4.90 Å². The maximum absolute atomic E-state index is 12.1. The lowest BCUT2D eigenvalue weighted by atomic mass is 10.1. The standard InChI is InChI=1S/C16H23NO5S/c1-16(2,22-15(18)17-11-7-4-8-12-17)13-21-23(19,20)14-9-5-3-6-10-14/h3,5-6,9-10H,4,7-8,11-13H2,1-2H3. The third-order valence-electron chi connectivity index (χ3n) is 3.57. The number of amides is 1. The Bertz CT molecular complexity index is 621. The monoisotopic (exact) mass is 341 g/mol. The molecule has 1 aromatic rings. The van der Waals surface area contributed by atoms with Crippen molar-refractivity contribution in [1.29, 1.82) is 0 Å². The molecule has 2 rings (SSSR count). The Labute approximate surface area is 137 Å². The van der Waals surface area contributed by atoms with Crippen molar-refractivity contribution < 1.29 is 22.1 Å². The Morgan fingerprint density at radius 3 is 2.35 bits per heavy atom. The van der Waals surface area contributed by atoms with Gasteiger partial charge in [0.1, 0.15) is 12.2 Å². The lowest BCUT2D eigenvalue weighted by Crippen LogP contribution is -2.42. The molecule has 0 spiro atoms. The van der Waals surface area contributed by atoms with E-state index in [1.807, 2.05) is 0 Å². The minimum atomic E-state index is -3.86. The first-order chi connectivity index (χ1) is 10.8. The first kappa shape index (κ1) is 17.7. The molecule has 1 fully saturated rings. The summed E-state index contributed by atoms with van der Waals surface area (Å²) in [5.41, 5.74) is -1.03. The molecule has 1 aromatic carbocycles. The van der Waals surface area contributed by atoms with E-state index in [4.69, 9.17) is 8.92 Å². The minimum Gasteiger partial charge on any atom is -0.441 e. The van der Waals surface area contributed by atoms with E-state index in [0.29, 0.717) is 13.1 Å². The van der Waals surface area contributed by atoms with E-state index >= 15 is 0 Å². The molecule has 1 aliphatic rings. The Balaban J connectivity index is 1.91. The van der Waals surface area contributed by atoms with Gasteiger partial charge in [-0.1, -0.05) is 18.2 Å². The zero-order chi connectivity index (χ0) is 16.9. The summed E-state index contributed by atoms with van der Waals surface area (Å²) in [6.45, 7) is 4.39. The molecule has 1 amide bonds. The number of hydrogen-bond donors (Lipinski definition) is 0. The average molecular weight is 341 g/mol. The summed E-state index contributed by atoms with van der Waals surface area (Å²) in [6.07, 6.45) is 2.63. The van der Waals surface area contributed by atoms with Gasteiger partial charge in [0.2, 0.25) is 0 Å². The number of hydrogen-bond acceptors (Lipinski definition) is 5. The molecule has 6 nitrogen and oxygen atoms in total. The van der Waals surface area contributed by atoms with Crippen molar-refractivity contribution >= 4 is 16.2 Å². The van der Waals surface area contributed by atoms with Gasteiger partial charge in [0.25, 0.3) is 10.1 Å². The summed E-state index contributed by atoms with van der Waals surface area (Å²) in [5, 5.41) is 0. The van der Waals surface area contributed by atoms with Gasteiger partial charge in [-0.2, -0.15) is 8.42 Å². The molecule has 0 aliphatic carbocycles. The number of likely N-dealkylation sites (tertiary alicyclic amines) is 1. The van der Waals surface area contributed by atoms with E-state index in [1.165, 1.54) is 12.1 Å². The van der Waals surface area contributed by atoms with Gasteiger partial charge >= 0.3 is 6.09 Å². The highest BCUT2D eigenvalue weighted by Gasteiger charge is 2.30. The molecule has 0 aromatic heterocycles. The van der Waals surface area contributed by atoms with Crippen LogP contribution in [0.4, 0.5) is 4.79 Å². The number of rotatable bonds is 5. The smallest absolute Gasteiger partial charge is 0.410 e. The highest BCUT2D eigenvalue weighted by Crippen LogP contribution is 2.19. The molecule has 128 valence electrons. The third kappa shape index (κ3) is 5.21. The Kier molecular flexibility index (Phi) is 5.64.